The smallest absolute Gasteiger partial charge is 0.319 e. The molecule has 0 aliphatic rings. The van der Waals surface area contributed by atoms with E-state index in [1.165, 1.54) is 23.1 Å². The summed E-state index contributed by atoms with van der Waals surface area (Å²) in [6, 6.07) is 0.0975. The molecule has 28 heavy (non-hydrogen) atoms. The Bertz CT molecular complexity index is 902. The number of amides is 1. The Balaban J connectivity index is 1.88. The molecule has 0 aliphatic carbocycles. The topological polar surface area (TPSA) is 101 Å². The maximum absolute atomic E-state index is 12.3. The van der Waals surface area contributed by atoms with E-state index in [-0.39, 0.29) is 24.1 Å². The average molecular weight is 426 g/mol. The van der Waals surface area contributed by atoms with Gasteiger partial charge >= 0.3 is 5.97 Å². The van der Waals surface area contributed by atoms with Gasteiger partial charge in [-0.3, -0.25) is 14.4 Å². The standard InChI is InChI=1S/C19H27N3O4S2/c1-6-13(7-2)20-15(23)8-26-19(25)12(5)27-9-14-21-17(24)16-10(3)11(4)28-18(16)22-14/h12-13H,6-9H2,1-5H3,(H,20,23)(H,21,22,24)/t12-/m1/s1. The number of aryl methyl sites for hydroxylation is 2. The minimum atomic E-state index is -0.478. The Labute approximate surface area is 172 Å². The fourth-order valence-electron chi connectivity index (χ4n) is 2.66. The molecule has 1 atom stereocenters. The SMILES string of the molecule is CCC(CC)NC(=O)COC(=O)[C@@H](C)SCc1nc2sc(C)c(C)c2c(=O)[nH]1. The number of thioether (sulfide) groups is 1. The van der Waals surface area contributed by atoms with Crippen molar-refractivity contribution in [1.82, 2.24) is 15.3 Å². The summed E-state index contributed by atoms with van der Waals surface area (Å²) in [7, 11) is 0. The molecule has 2 heterocycles. The highest BCUT2D eigenvalue weighted by Crippen LogP contribution is 2.26. The molecule has 0 saturated carbocycles. The molecule has 9 heteroatoms. The predicted octanol–water partition coefficient (Wildman–Crippen LogP) is 3.07. The number of nitrogens with one attached hydrogen (secondary N) is 2. The van der Waals surface area contributed by atoms with Crippen LogP contribution in [0.1, 0.15) is 49.9 Å². The molecule has 0 aliphatic heterocycles. The Morgan fingerprint density at radius 3 is 2.61 bits per heavy atom. The molecule has 154 valence electrons. The lowest BCUT2D eigenvalue weighted by Crippen LogP contribution is -2.37. The summed E-state index contributed by atoms with van der Waals surface area (Å²) >= 11 is 2.80. The highest BCUT2D eigenvalue weighted by molar-refractivity contribution is 7.99. The highest BCUT2D eigenvalue weighted by atomic mass is 32.2. The molecule has 1 amide bonds. The summed E-state index contributed by atoms with van der Waals surface area (Å²) in [4.78, 5) is 45.3. The van der Waals surface area contributed by atoms with E-state index in [0.717, 1.165) is 23.3 Å². The van der Waals surface area contributed by atoms with Crippen molar-refractivity contribution >= 4 is 45.2 Å². The number of hydrogen-bond acceptors (Lipinski definition) is 7. The maximum Gasteiger partial charge on any atom is 0.319 e. The van der Waals surface area contributed by atoms with Gasteiger partial charge in [0.05, 0.1) is 11.1 Å². The molecule has 2 rings (SSSR count). The summed E-state index contributed by atoms with van der Waals surface area (Å²) in [5.41, 5.74) is 0.798. The molecule has 0 unspecified atom stereocenters. The molecule has 0 spiro atoms. The number of carbonyl (C=O) groups is 2. The molecule has 0 aromatic carbocycles. The molecule has 0 fully saturated rings. The molecule has 2 N–H and O–H groups in total. The zero-order valence-corrected chi connectivity index (χ0v) is 18.5. The van der Waals surface area contributed by atoms with Gasteiger partial charge in [0.25, 0.3) is 11.5 Å². The largest absolute Gasteiger partial charge is 0.455 e. The monoisotopic (exact) mass is 425 g/mol. The fourth-order valence-corrected chi connectivity index (χ4v) is 4.45. The third kappa shape index (κ3) is 5.57. The minimum absolute atomic E-state index is 0.0975. The van der Waals surface area contributed by atoms with E-state index < -0.39 is 11.2 Å². The van der Waals surface area contributed by atoms with Gasteiger partial charge in [0.2, 0.25) is 0 Å². The van der Waals surface area contributed by atoms with Gasteiger partial charge in [-0.25, -0.2) is 4.98 Å². The van der Waals surface area contributed by atoms with E-state index in [1.807, 2.05) is 27.7 Å². The third-order valence-electron chi connectivity index (χ3n) is 4.59. The normalized spacial score (nSPS) is 12.4. The summed E-state index contributed by atoms with van der Waals surface area (Å²) in [5.74, 6) is 0.141. The van der Waals surface area contributed by atoms with Gasteiger partial charge in [0.1, 0.15) is 15.9 Å². The van der Waals surface area contributed by atoms with Gasteiger partial charge in [-0.1, -0.05) is 13.8 Å². The van der Waals surface area contributed by atoms with Crippen molar-refractivity contribution in [1.29, 1.82) is 0 Å². The number of rotatable bonds is 9. The summed E-state index contributed by atoms with van der Waals surface area (Å²) < 4.78 is 5.09. The van der Waals surface area contributed by atoms with Crippen LogP contribution in [0.3, 0.4) is 0 Å². The molecule has 7 nitrogen and oxygen atoms in total. The average Bonchev–Trinajstić information content (AvgIpc) is 2.96. The van der Waals surface area contributed by atoms with E-state index in [0.29, 0.717) is 21.8 Å². The number of aromatic nitrogens is 2. The van der Waals surface area contributed by atoms with Crippen molar-refractivity contribution in [3.8, 4) is 0 Å². The van der Waals surface area contributed by atoms with Crippen molar-refractivity contribution in [2.24, 2.45) is 0 Å². The first kappa shape index (κ1) is 22.4. The Morgan fingerprint density at radius 1 is 1.29 bits per heavy atom. The van der Waals surface area contributed by atoms with Crippen molar-refractivity contribution in [2.75, 3.05) is 6.61 Å². The first-order valence-electron chi connectivity index (χ1n) is 9.33. The van der Waals surface area contributed by atoms with Crippen molar-refractivity contribution in [2.45, 2.75) is 64.5 Å². The minimum Gasteiger partial charge on any atom is -0.455 e. The van der Waals surface area contributed by atoms with Crippen LogP contribution in [0.4, 0.5) is 0 Å². The van der Waals surface area contributed by atoms with Crippen LogP contribution in [0, 0.1) is 13.8 Å². The van der Waals surface area contributed by atoms with Crippen LogP contribution in [0.15, 0.2) is 4.79 Å². The lowest BCUT2D eigenvalue weighted by Gasteiger charge is -2.15. The number of H-pyrrole nitrogens is 1. The van der Waals surface area contributed by atoms with Crippen molar-refractivity contribution in [3.05, 3.63) is 26.6 Å². The second kappa shape index (κ2) is 10.1. The number of ether oxygens (including phenoxy) is 1. The molecule has 0 radical (unpaired) electrons. The molecule has 0 saturated heterocycles. The number of aromatic amines is 1. The van der Waals surface area contributed by atoms with Gasteiger partial charge in [0, 0.05) is 10.9 Å². The van der Waals surface area contributed by atoms with Crippen molar-refractivity contribution < 1.29 is 14.3 Å². The molecule has 2 aromatic rings. The predicted molar refractivity (Wildman–Crippen MR) is 114 cm³/mol. The second-order valence-corrected chi connectivity index (χ2v) is 9.15. The van der Waals surface area contributed by atoms with Gasteiger partial charge < -0.3 is 15.0 Å². The molecular weight excluding hydrogens is 398 g/mol. The first-order chi connectivity index (χ1) is 13.3. The number of esters is 1. The van der Waals surface area contributed by atoms with Gasteiger partial charge in [0.15, 0.2) is 6.61 Å². The zero-order valence-electron chi connectivity index (χ0n) is 16.9. The van der Waals surface area contributed by atoms with E-state index in [2.05, 4.69) is 15.3 Å². The number of fused-ring (bicyclic) bond motifs is 1. The van der Waals surface area contributed by atoms with E-state index >= 15 is 0 Å². The summed E-state index contributed by atoms with van der Waals surface area (Å²) in [6.45, 7) is 9.29. The molecule has 0 bridgehead atoms. The first-order valence-corrected chi connectivity index (χ1v) is 11.2. The van der Waals surface area contributed by atoms with Crippen molar-refractivity contribution in [3.63, 3.8) is 0 Å². The number of carbonyl (C=O) groups excluding carboxylic acids is 2. The lowest BCUT2D eigenvalue weighted by molar-refractivity contribution is -0.147. The van der Waals surface area contributed by atoms with Crippen LogP contribution in [0.5, 0.6) is 0 Å². The van der Waals surface area contributed by atoms with Gasteiger partial charge in [-0.2, -0.15) is 0 Å². The van der Waals surface area contributed by atoms with Crippen LogP contribution < -0.4 is 10.9 Å². The van der Waals surface area contributed by atoms with E-state index in [1.54, 1.807) is 6.92 Å². The maximum atomic E-state index is 12.3. The fraction of sp³-hybridized carbons (Fsp3) is 0.579. The zero-order chi connectivity index (χ0) is 20.8. The summed E-state index contributed by atoms with van der Waals surface area (Å²) in [6.07, 6.45) is 1.67. The van der Waals surface area contributed by atoms with Gasteiger partial charge in [-0.15, -0.1) is 23.1 Å². The Hall–Kier alpha value is -1.87. The number of thiophene rings is 1. The van der Waals surface area contributed by atoms with Crippen LogP contribution in [0.2, 0.25) is 0 Å². The quantitative estimate of drug-likeness (QED) is 0.599. The number of hydrogen-bond donors (Lipinski definition) is 2. The van der Waals surface area contributed by atoms with Gasteiger partial charge in [-0.05, 0) is 39.2 Å². The molecule has 2 aromatic heterocycles. The van der Waals surface area contributed by atoms with E-state index in [4.69, 9.17) is 4.74 Å². The Morgan fingerprint density at radius 2 is 1.96 bits per heavy atom. The second-order valence-electron chi connectivity index (χ2n) is 6.62. The van der Waals surface area contributed by atoms with E-state index in [9.17, 15) is 14.4 Å². The van der Waals surface area contributed by atoms with Crippen LogP contribution in [-0.2, 0) is 20.1 Å². The van der Waals surface area contributed by atoms with Crippen LogP contribution >= 0.6 is 23.1 Å². The number of nitrogens with zero attached hydrogens (tertiary/aromatic N) is 1. The Kier molecular flexibility index (Phi) is 8.06. The van der Waals surface area contributed by atoms with Crippen LogP contribution in [0.25, 0.3) is 10.2 Å². The summed E-state index contributed by atoms with van der Waals surface area (Å²) in [5, 5.41) is 2.98. The third-order valence-corrected chi connectivity index (χ3v) is 6.82. The van der Waals surface area contributed by atoms with Crippen LogP contribution in [-0.4, -0.2) is 39.7 Å². The molecular formula is C19H27N3O4S2. The lowest BCUT2D eigenvalue weighted by atomic mass is 10.2. The highest BCUT2D eigenvalue weighted by Gasteiger charge is 2.19.